The summed E-state index contributed by atoms with van der Waals surface area (Å²) in [6, 6.07) is 0. The van der Waals surface area contributed by atoms with Gasteiger partial charge in [-0.05, 0) is 19.3 Å². The second kappa shape index (κ2) is 3.67. The zero-order valence-corrected chi connectivity index (χ0v) is 5.97. The maximum atomic E-state index is 5.49. The summed E-state index contributed by atoms with van der Waals surface area (Å²) < 4.78 is 5.49. The summed E-state index contributed by atoms with van der Waals surface area (Å²) >= 11 is 0. The highest BCUT2D eigenvalue weighted by Gasteiger charge is 2.08. The largest absolute Gasteiger partial charge is 0.378 e. The van der Waals surface area contributed by atoms with Crippen molar-refractivity contribution in [3.05, 3.63) is 12.2 Å². The Labute approximate surface area is 56.7 Å². The van der Waals surface area contributed by atoms with Crippen LogP contribution in [0.25, 0.3) is 0 Å². The third-order valence-corrected chi connectivity index (χ3v) is 1.52. The lowest BCUT2D eigenvalue weighted by Gasteiger charge is -2.08. The van der Waals surface area contributed by atoms with Gasteiger partial charge in [-0.25, -0.2) is 0 Å². The molecule has 1 heteroatoms. The average Bonchev–Trinajstić information content (AvgIpc) is 2.34. The summed E-state index contributed by atoms with van der Waals surface area (Å²) in [6.45, 7) is 3.06. The van der Waals surface area contributed by atoms with Gasteiger partial charge in [0, 0.05) is 6.61 Å². The third kappa shape index (κ3) is 2.19. The number of ether oxygens (including phenoxy) is 1. The maximum Gasteiger partial charge on any atom is 0.0643 e. The van der Waals surface area contributed by atoms with Gasteiger partial charge < -0.3 is 4.74 Å². The molecule has 0 atom stereocenters. The Kier molecular flexibility index (Phi) is 2.78. The standard InChI is InChI=1S/C8H14O/c1-2-7-9-8-5-3-4-6-8/h3-4,8H,2,5-7H2,1H3. The minimum atomic E-state index is 0.505. The predicted octanol–water partition coefficient (Wildman–Crippen LogP) is 2.13. The molecule has 1 aliphatic rings. The van der Waals surface area contributed by atoms with E-state index < -0.39 is 0 Å². The van der Waals surface area contributed by atoms with Crippen molar-refractivity contribution >= 4 is 0 Å². The van der Waals surface area contributed by atoms with Gasteiger partial charge in [0.1, 0.15) is 0 Å². The summed E-state index contributed by atoms with van der Waals surface area (Å²) in [5.74, 6) is 0. The van der Waals surface area contributed by atoms with Crippen molar-refractivity contribution in [3.63, 3.8) is 0 Å². The first kappa shape index (κ1) is 6.81. The summed E-state index contributed by atoms with van der Waals surface area (Å²) in [4.78, 5) is 0. The molecule has 0 N–H and O–H groups in total. The quantitative estimate of drug-likeness (QED) is 0.526. The van der Waals surface area contributed by atoms with E-state index in [2.05, 4.69) is 19.1 Å². The molecule has 0 bridgehead atoms. The van der Waals surface area contributed by atoms with Crippen LogP contribution in [0, 0.1) is 0 Å². The summed E-state index contributed by atoms with van der Waals surface area (Å²) in [7, 11) is 0. The van der Waals surface area contributed by atoms with Crippen molar-refractivity contribution in [3.8, 4) is 0 Å². The van der Waals surface area contributed by atoms with E-state index in [0.717, 1.165) is 25.9 Å². The van der Waals surface area contributed by atoms with E-state index in [9.17, 15) is 0 Å². The van der Waals surface area contributed by atoms with Gasteiger partial charge in [0.25, 0.3) is 0 Å². The molecule has 1 aliphatic carbocycles. The highest BCUT2D eigenvalue weighted by atomic mass is 16.5. The zero-order valence-electron chi connectivity index (χ0n) is 5.97. The Morgan fingerprint density at radius 1 is 1.44 bits per heavy atom. The molecule has 0 fully saturated rings. The molecular formula is C8H14O. The van der Waals surface area contributed by atoms with Crippen LogP contribution in [0.2, 0.25) is 0 Å². The lowest BCUT2D eigenvalue weighted by atomic mass is 10.3. The van der Waals surface area contributed by atoms with Crippen molar-refractivity contribution in [1.82, 2.24) is 0 Å². The van der Waals surface area contributed by atoms with Crippen LogP contribution < -0.4 is 0 Å². The third-order valence-electron chi connectivity index (χ3n) is 1.52. The van der Waals surface area contributed by atoms with Crippen molar-refractivity contribution in [2.24, 2.45) is 0 Å². The Balaban J connectivity index is 2.01. The fraction of sp³-hybridized carbons (Fsp3) is 0.750. The second-order valence-corrected chi connectivity index (χ2v) is 2.44. The van der Waals surface area contributed by atoms with E-state index in [1.807, 2.05) is 0 Å². The van der Waals surface area contributed by atoms with Crippen LogP contribution >= 0.6 is 0 Å². The Morgan fingerprint density at radius 3 is 2.67 bits per heavy atom. The van der Waals surface area contributed by atoms with Gasteiger partial charge in [0.15, 0.2) is 0 Å². The monoisotopic (exact) mass is 126 g/mol. The van der Waals surface area contributed by atoms with Gasteiger partial charge in [0.05, 0.1) is 6.10 Å². The van der Waals surface area contributed by atoms with Gasteiger partial charge in [0.2, 0.25) is 0 Å². The maximum absolute atomic E-state index is 5.49. The molecule has 1 nitrogen and oxygen atoms in total. The van der Waals surface area contributed by atoms with Gasteiger partial charge in [-0.1, -0.05) is 19.1 Å². The van der Waals surface area contributed by atoms with Crippen LogP contribution in [0.3, 0.4) is 0 Å². The Bertz CT molecular complexity index is 88.7. The Hall–Kier alpha value is -0.300. The topological polar surface area (TPSA) is 9.23 Å². The van der Waals surface area contributed by atoms with E-state index in [4.69, 9.17) is 4.74 Å². The van der Waals surface area contributed by atoms with Crippen LogP contribution in [0.15, 0.2) is 12.2 Å². The number of hydrogen-bond donors (Lipinski definition) is 0. The van der Waals surface area contributed by atoms with Crippen molar-refractivity contribution in [2.45, 2.75) is 32.3 Å². The Morgan fingerprint density at radius 2 is 2.11 bits per heavy atom. The van der Waals surface area contributed by atoms with Crippen LogP contribution in [0.5, 0.6) is 0 Å². The molecule has 0 heterocycles. The first-order valence-electron chi connectivity index (χ1n) is 3.70. The van der Waals surface area contributed by atoms with Gasteiger partial charge >= 0.3 is 0 Å². The minimum absolute atomic E-state index is 0.505. The molecule has 1 rings (SSSR count). The molecular weight excluding hydrogens is 112 g/mol. The van der Waals surface area contributed by atoms with E-state index in [-0.39, 0.29) is 0 Å². The van der Waals surface area contributed by atoms with Crippen molar-refractivity contribution in [1.29, 1.82) is 0 Å². The van der Waals surface area contributed by atoms with Gasteiger partial charge in [-0.15, -0.1) is 0 Å². The fourth-order valence-electron chi connectivity index (χ4n) is 1.01. The lowest BCUT2D eigenvalue weighted by molar-refractivity contribution is 0.0629. The lowest BCUT2D eigenvalue weighted by Crippen LogP contribution is -2.07. The molecule has 0 radical (unpaired) electrons. The fourth-order valence-corrected chi connectivity index (χ4v) is 1.01. The summed E-state index contributed by atoms with van der Waals surface area (Å²) in [6.07, 6.45) is 8.28. The summed E-state index contributed by atoms with van der Waals surface area (Å²) in [5.41, 5.74) is 0. The molecule has 0 spiro atoms. The van der Waals surface area contributed by atoms with Crippen LogP contribution in [0.1, 0.15) is 26.2 Å². The van der Waals surface area contributed by atoms with Gasteiger partial charge in [-0.2, -0.15) is 0 Å². The van der Waals surface area contributed by atoms with E-state index in [0.29, 0.717) is 6.10 Å². The van der Waals surface area contributed by atoms with E-state index >= 15 is 0 Å². The van der Waals surface area contributed by atoms with E-state index in [1.165, 1.54) is 0 Å². The molecule has 0 aliphatic heterocycles. The molecule has 0 aromatic rings. The molecule has 0 saturated heterocycles. The smallest absolute Gasteiger partial charge is 0.0643 e. The highest BCUT2D eigenvalue weighted by Crippen LogP contribution is 2.12. The van der Waals surface area contributed by atoms with Crippen LogP contribution in [-0.2, 0) is 4.74 Å². The van der Waals surface area contributed by atoms with Crippen LogP contribution in [0.4, 0.5) is 0 Å². The average molecular weight is 126 g/mol. The van der Waals surface area contributed by atoms with E-state index in [1.54, 1.807) is 0 Å². The van der Waals surface area contributed by atoms with Gasteiger partial charge in [-0.3, -0.25) is 0 Å². The predicted molar refractivity (Wildman–Crippen MR) is 38.4 cm³/mol. The van der Waals surface area contributed by atoms with Crippen molar-refractivity contribution in [2.75, 3.05) is 6.61 Å². The SMILES string of the molecule is CCCOC1CC=CC1. The first-order chi connectivity index (χ1) is 4.43. The molecule has 9 heavy (non-hydrogen) atoms. The molecule has 0 aromatic heterocycles. The number of rotatable bonds is 3. The molecule has 52 valence electrons. The highest BCUT2D eigenvalue weighted by molar-refractivity contribution is 4.94. The summed E-state index contributed by atoms with van der Waals surface area (Å²) in [5, 5.41) is 0. The molecule has 0 saturated carbocycles. The molecule has 0 unspecified atom stereocenters. The zero-order chi connectivity index (χ0) is 6.53. The normalized spacial score (nSPS) is 19.2. The van der Waals surface area contributed by atoms with Crippen molar-refractivity contribution < 1.29 is 4.74 Å². The molecule has 0 aromatic carbocycles. The molecule has 0 amide bonds. The first-order valence-corrected chi connectivity index (χ1v) is 3.70. The minimum Gasteiger partial charge on any atom is -0.378 e. The second-order valence-electron chi connectivity index (χ2n) is 2.44. The van der Waals surface area contributed by atoms with Crippen LogP contribution in [-0.4, -0.2) is 12.7 Å². The number of hydrogen-bond acceptors (Lipinski definition) is 1.